The van der Waals surface area contributed by atoms with Crippen molar-refractivity contribution in [2.75, 3.05) is 11.9 Å². The third kappa shape index (κ3) is 7.66. The Morgan fingerprint density at radius 3 is 2.34 bits per heavy atom. The SMILES string of the molecule is CCOC(=O)c1ccc(NC(=O)C(=O)NCc2ccc(/C=C(/C#N)C(=O)N[C@@H](C)c3ccccc3)o2)cc1. The summed E-state index contributed by atoms with van der Waals surface area (Å²) in [6, 6.07) is 19.9. The minimum Gasteiger partial charge on any atom is -0.462 e. The highest BCUT2D eigenvalue weighted by molar-refractivity contribution is 6.39. The van der Waals surface area contributed by atoms with Crippen LogP contribution < -0.4 is 16.0 Å². The smallest absolute Gasteiger partial charge is 0.338 e. The number of furan rings is 1. The van der Waals surface area contributed by atoms with E-state index in [4.69, 9.17) is 9.15 Å². The minimum atomic E-state index is -0.906. The van der Waals surface area contributed by atoms with E-state index in [9.17, 15) is 24.4 Å². The first kappa shape index (κ1) is 27.4. The van der Waals surface area contributed by atoms with E-state index in [2.05, 4.69) is 16.0 Å². The largest absolute Gasteiger partial charge is 0.462 e. The second-order valence-electron chi connectivity index (χ2n) is 8.01. The number of anilines is 1. The molecule has 0 bridgehead atoms. The molecule has 3 aromatic rings. The van der Waals surface area contributed by atoms with Gasteiger partial charge in [-0.25, -0.2) is 4.79 Å². The van der Waals surface area contributed by atoms with Gasteiger partial charge >= 0.3 is 17.8 Å². The molecule has 0 aliphatic rings. The van der Waals surface area contributed by atoms with E-state index in [1.54, 1.807) is 13.0 Å². The summed E-state index contributed by atoms with van der Waals surface area (Å²) in [5, 5.41) is 17.1. The van der Waals surface area contributed by atoms with E-state index in [1.807, 2.05) is 43.3 Å². The van der Waals surface area contributed by atoms with Crippen molar-refractivity contribution in [3.63, 3.8) is 0 Å². The maximum atomic E-state index is 12.5. The summed E-state index contributed by atoms with van der Waals surface area (Å²) in [5.74, 6) is -2.30. The maximum absolute atomic E-state index is 12.5. The fourth-order valence-corrected chi connectivity index (χ4v) is 3.30. The van der Waals surface area contributed by atoms with E-state index in [-0.39, 0.29) is 30.5 Å². The van der Waals surface area contributed by atoms with Gasteiger partial charge in [0.25, 0.3) is 5.91 Å². The van der Waals surface area contributed by atoms with Gasteiger partial charge in [0.2, 0.25) is 0 Å². The molecule has 38 heavy (non-hydrogen) atoms. The molecule has 3 N–H and O–H groups in total. The Kier molecular flexibility index (Phi) is 9.54. The lowest BCUT2D eigenvalue weighted by molar-refractivity contribution is -0.136. The molecule has 0 saturated heterocycles. The van der Waals surface area contributed by atoms with E-state index >= 15 is 0 Å². The van der Waals surface area contributed by atoms with Crippen LogP contribution in [0.1, 0.15) is 47.3 Å². The van der Waals surface area contributed by atoms with Gasteiger partial charge in [-0.05, 0) is 55.8 Å². The average Bonchev–Trinajstić information content (AvgIpc) is 3.38. The van der Waals surface area contributed by atoms with Crippen molar-refractivity contribution in [3.8, 4) is 6.07 Å². The van der Waals surface area contributed by atoms with Gasteiger partial charge in [-0.1, -0.05) is 30.3 Å². The van der Waals surface area contributed by atoms with Gasteiger partial charge in [-0.3, -0.25) is 14.4 Å². The molecule has 0 aliphatic carbocycles. The predicted molar refractivity (Wildman–Crippen MR) is 138 cm³/mol. The molecule has 194 valence electrons. The van der Waals surface area contributed by atoms with Crippen LogP contribution in [0.25, 0.3) is 6.08 Å². The number of ether oxygens (including phenoxy) is 1. The molecule has 10 nitrogen and oxygen atoms in total. The van der Waals surface area contributed by atoms with Crippen LogP contribution in [0.4, 0.5) is 5.69 Å². The fraction of sp³-hybridized carbons (Fsp3) is 0.179. The van der Waals surface area contributed by atoms with Crippen LogP contribution in [0.2, 0.25) is 0 Å². The zero-order valence-electron chi connectivity index (χ0n) is 20.8. The Morgan fingerprint density at radius 1 is 0.974 bits per heavy atom. The molecule has 0 fully saturated rings. The third-order valence-electron chi connectivity index (χ3n) is 5.26. The lowest BCUT2D eigenvalue weighted by Crippen LogP contribution is -2.34. The van der Waals surface area contributed by atoms with Crippen LogP contribution in [-0.2, 0) is 25.7 Å². The van der Waals surface area contributed by atoms with Crippen molar-refractivity contribution in [1.29, 1.82) is 5.26 Å². The number of nitrogens with one attached hydrogen (secondary N) is 3. The van der Waals surface area contributed by atoms with Gasteiger partial charge in [-0.15, -0.1) is 0 Å². The number of nitriles is 1. The Hall–Kier alpha value is -5.17. The van der Waals surface area contributed by atoms with E-state index in [1.165, 1.54) is 36.4 Å². The Labute approximate surface area is 219 Å². The number of esters is 1. The Morgan fingerprint density at radius 2 is 1.68 bits per heavy atom. The zero-order chi connectivity index (χ0) is 27.5. The molecule has 0 unspecified atom stereocenters. The van der Waals surface area contributed by atoms with Crippen LogP contribution in [0.15, 0.2) is 76.7 Å². The molecule has 0 radical (unpaired) electrons. The highest BCUT2D eigenvalue weighted by Gasteiger charge is 2.16. The van der Waals surface area contributed by atoms with Crippen molar-refractivity contribution < 1.29 is 28.3 Å². The highest BCUT2D eigenvalue weighted by atomic mass is 16.5. The molecule has 3 rings (SSSR count). The maximum Gasteiger partial charge on any atom is 0.338 e. The summed E-state index contributed by atoms with van der Waals surface area (Å²) in [6.07, 6.45) is 1.30. The molecular formula is C28H26N4O6. The van der Waals surface area contributed by atoms with Crippen molar-refractivity contribution in [2.24, 2.45) is 0 Å². The molecule has 1 aromatic heterocycles. The lowest BCUT2D eigenvalue weighted by Gasteiger charge is -2.13. The van der Waals surface area contributed by atoms with Crippen molar-refractivity contribution in [1.82, 2.24) is 10.6 Å². The van der Waals surface area contributed by atoms with Gasteiger partial charge in [0.05, 0.1) is 24.8 Å². The van der Waals surface area contributed by atoms with E-state index < -0.39 is 23.7 Å². The lowest BCUT2D eigenvalue weighted by atomic mass is 10.1. The summed E-state index contributed by atoms with van der Waals surface area (Å²) in [4.78, 5) is 48.6. The van der Waals surface area contributed by atoms with Crippen molar-refractivity contribution in [2.45, 2.75) is 26.4 Å². The van der Waals surface area contributed by atoms with Gasteiger partial charge in [-0.2, -0.15) is 5.26 Å². The molecular weight excluding hydrogens is 488 g/mol. The number of benzene rings is 2. The number of carbonyl (C=O) groups excluding carboxylic acids is 4. The van der Waals surface area contributed by atoms with Crippen LogP contribution in [0, 0.1) is 11.3 Å². The first-order valence-electron chi connectivity index (χ1n) is 11.7. The van der Waals surface area contributed by atoms with Gasteiger partial charge in [0.1, 0.15) is 23.2 Å². The van der Waals surface area contributed by atoms with Gasteiger partial charge in [0, 0.05) is 11.8 Å². The Bertz CT molecular complexity index is 1370. The third-order valence-corrected chi connectivity index (χ3v) is 5.26. The molecule has 1 atom stereocenters. The summed E-state index contributed by atoms with van der Waals surface area (Å²) in [7, 11) is 0. The highest BCUT2D eigenvalue weighted by Crippen LogP contribution is 2.15. The topological polar surface area (TPSA) is 151 Å². The molecule has 3 amide bonds. The van der Waals surface area contributed by atoms with Crippen molar-refractivity contribution >= 4 is 35.5 Å². The van der Waals surface area contributed by atoms with Crippen LogP contribution in [0.5, 0.6) is 0 Å². The molecule has 0 aliphatic heterocycles. The summed E-state index contributed by atoms with van der Waals surface area (Å²) in [6.45, 7) is 3.65. The van der Waals surface area contributed by atoms with E-state index in [0.29, 0.717) is 17.0 Å². The summed E-state index contributed by atoms with van der Waals surface area (Å²) < 4.78 is 10.5. The number of hydrogen-bond acceptors (Lipinski definition) is 7. The first-order chi connectivity index (χ1) is 18.3. The molecule has 10 heteroatoms. The number of carbonyl (C=O) groups is 4. The zero-order valence-corrected chi connectivity index (χ0v) is 20.8. The number of rotatable bonds is 9. The van der Waals surface area contributed by atoms with Gasteiger partial charge < -0.3 is 25.1 Å². The standard InChI is InChI=1S/C28H26N4O6/c1-3-37-28(36)20-9-11-22(12-10-20)32-27(35)26(34)30-17-24-14-13-23(38-24)15-21(16-29)25(33)31-18(2)19-7-5-4-6-8-19/h4-15,18H,3,17H2,1-2H3,(H,30,34)(H,31,33)(H,32,35)/b21-15-/t18-/m0/s1. The monoisotopic (exact) mass is 514 g/mol. The number of amides is 3. The molecule has 1 heterocycles. The van der Waals surface area contributed by atoms with E-state index in [0.717, 1.165) is 5.56 Å². The van der Waals surface area contributed by atoms with Crippen LogP contribution >= 0.6 is 0 Å². The van der Waals surface area contributed by atoms with Gasteiger partial charge in [0.15, 0.2) is 0 Å². The Balaban J connectivity index is 1.52. The van der Waals surface area contributed by atoms with Crippen LogP contribution in [-0.4, -0.2) is 30.3 Å². The average molecular weight is 515 g/mol. The second-order valence-corrected chi connectivity index (χ2v) is 8.01. The minimum absolute atomic E-state index is 0.0962. The summed E-state index contributed by atoms with van der Waals surface area (Å²) in [5.41, 5.74) is 1.39. The number of hydrogen-bond donors (Lipinski definition) is 3. The summed E-state index contributed by atoms with van der Waals surface area (Å²) >= 11 is 0. The van der Waals surface area contributed by atoms with Crippen molar-refractivity contribution in [3.05, 3.63) is 95.0 Å². The first-order valence-corrected chi connectivity index (χ1v) is 11.7. The second kappa shape index (κ2) is 13.2. The fourth-order valence-electron chi connectivity index (χ4n) is 3.30. The van der Waals surface area contributed by atoms with Crippen LogP contribution in [0.3, 0.4) is 0 Å². The molecule has 2 aromatic carbocycles. The molecule has 0 spiro atoms. The molecule has 0 saturated carbocycles. The normalized spacial score (nSPS) is 11.6. The predicted octanol–water partition coefficient (Wildman–Crippen LogP) is 3.50. The number of nitrogens with zero attached hydrogens (tertiary/aromatic N) is 1. The quantitative estimate of drug-likeness (QED) is 0.171.